The van der Waals surface area contributed by atoms with E-state index in [2.05, 4.69) is 9.73 Å². The number of methoxy groups -OCH3 is 2. The number of carbonyl (C=O) groups excluding carboxylic acids is 3. The molecule has 0 saturated heterocycles. The first-order valence-electron chi connectivity index (χ1n) is 9.77. The molecule has 0 amide bonds. The average molecular weight is 419 g/mol. The van der Waals surface area contributed by atoms with Gasteiger partial charge in [0.05, 0.1) is 31.4 Å². The number of allylic oxidation sites excluding steroid dienone is 1. The van der Waals surface area contributed by atoms with E-state index in [-0.39, 0.29) is 12.4 Å². The summed E-state index contributed by atoms with van der Waals surface area (Å²) < 4.78 is 15.4. The summed E-state index contributed by atoms with van der Waals surface area (Å²) in [4.78, 5) is 42.5. The predicted molar refractivity (Wildman–Crippen MR) is 112 cm³/mol. The largest absolute Gasteiger partial charge is 0.482 e. The summed E-state index contributed by atoms with van der Waals surface area (Å²) in [6.07, 6.45) is 0. The zero-order valence-corrected chi connectivity index (χ0v) is 17.4. The maximum atomic E-state index is 13.4. The van der Waals surface area contributed by atoms with Crippen molar-refractivity contribution < 1.29 is 28.6 Å². The Morgan fingerprint density at radius 2 is 1.61 bits per heavy atom. The van der Waals surface area contributed by atoms with Crippen molar-refractivity contribution in [1.82, 2.24) is 0 Å². The first-order chi connectivity index (χ1) is 15.0. The number of hydrogen-bond acceptors (Lipinski definition) is 7. The Balaban J connectivity index is 1.88. The van der Waals surface area contributed by atoms with Gasteiger partial charge in [0.25, 0.3) is 0 Å². The van der Waals surface area contributed by atoms with Crippen LogP contribution in [0.5, 0.6) is 5.75 Å². The Bertz CT molecular complexity index is 1150. The monoisotopic (exact) mass is 419 g/mol. The van der Waals surface area contributed by atoms with Crippen LogP contribution in [-0.2, 0) is 19.1 Å². The molecule has 0 fully saturated rings. The van der Waals surface area contributed by atoms with Crippen LogP contribution in [0, 0.1) is 5.92 Å². The molecule has 0 radical (unpaired) electrons. The van der Waals surface area contributed by atoms with E-state index in [1.807, 2.05) is 12.1 Å². The molecule has 0 saturated carbocycles. The van der Waals surface area contributed by atoms with Crippen molar-refractivity contribution in [3.8, 4) is 5.75 Å². The molecule has 0 bridgehead atoms. The van der Waals surface area contributed by atoms with Crippen LogP contribution < -0.4 is 4.74 Å². The molecule has 2 aromatic rings. The van der Waals surface area contributed by atoms with Crippen LogP contribution >= 0.6 is 0 Å². The van der Waals surface area contributed by atoms with Crippen molar-refractivity contribution >= 4 is 23.4 Å². The van der Waals surface area contributed by atoms with Gasteiger partial charge >= 0.3 is 11.9 Å². The second-order valence-corrected chi connectivity index (χ2v) is 7.26. The van der Waals surface area contributed by atoms with E-state index in [1.54, 1.807) is 43.3 Å². The highest BCUT2D eigenvalue weighted by atomic mass is 16.6. The SMILES string of the molecule is COC(=O)COc1ccccc1[C@@H]1C(C(=O)OC)=C(C)N=C2c3ccccc3C(=O)[C@H]21. The number of hydrogen-bond donors (Lipinski definition) is 0. The highest BCUT2D eigenvalue weighted by molar-refractivity contribution is 6.30. The Hall–Kier alpha value is -3.74. The molecule has 2 aliphatic rings. The van der Waals surface area contributed by atoms with Gasteiger partial charge in [0.15, 0.2) is 12.4 Å². The fourth-order valence-electron chi connectivity index (χ4n) is 4.24. The first-order valence-corrected chi connectivity index (χ1v) is 9.77. The number of esters is 2. The summed E-state index contributed by atoms with van der Waals surface area (Å²) >= 11 is 0. The van der Waals surface area contributed by atoms with Gasteiger partial charge in [0.2, 0.25) is 0 Å². The Kier molecular flexibility index (Phi) is 5.42. The second kappa shape index (κ2) is 8.18. The predicted octanol–water partition coefficient (Wildman–Crippen LogP) is 3.08. The molecule has 2 atom stereocenters. The summed E-state index contributed by atoms with van der Waals surface area (Å²) in [6, 6.07) is 14.3. The quantitative estimate of drug-likeness (QED) is 0.692. The lowest BCUT2D eigenvalue weighted by molar-refractivity contribution is -0.143. The number of Topliss-reactive ketones (excluding diaryl/α,β-unsaturated/α-hetero) is 1. The molecule has 158 valence electrons. The van der Waals surface area contributed by atoms with Crippen LogP contribution in [0.4, 0.5) is 0 Å². The maximum absolute atomic E-state index is 13.4. The molecule has 2 aromatic carbocycles. The average Bonchev–Trinajstić information content (AvgIpc) is 3.08. The first kappa shape index (κ1) is 20.5. The molecule has 0 aromatic heterocycles. The molecular formula is C24H21NO6. The number of ether oxygens (including phenoxy) is 3. The van der Waals surface area contributed by atoms with Gasteiger partial charge in [-0.25, -0.2) is 9.59 Å². The highest BCUT2D eigenvalue weighted by Gasteiger charge is 2.48. The van der Waals surface area contributed by atoms with E-state index >= 15 is 0 Å². The standard InChI is InChI=1S/C24H21NO6/c1-13-19(24(28)30-3)20(16-10-6-7-11-17(16)31-12-18(26)29-2)21-22(25-13)14-8-4-5-9-15(14)23(21)27/h4-11,20-21H,12H2,1-3H3/t20-,21+/m1/s1. The molecule has 7 nitrogen and oxygen atoms in total. The van der Waals surface area contributed by atoms with E-state index in [0.29, 0.717) is 33.9 Å². The van der Waals surface area contributed by atoms with E-state index in [1.165, 1.54) is 14.2 Å². The minimum absolute atomic E-state index is 0.115. The van der Waals surface area contributed by atoms with Gasteiger partial charge in [0.1, 0.15) is 5.75 Å². The molecule has 4 rings (SSSR count). The summed E-state index contributed by atoms with van der Waals surface area (Å²) in [5, 5.41) is 0. The van der Waals surface area contributed by atoms with E-state index in [9.17, 15) is 14.4 Å². The minimum Gasteiger partial charge on any atom is -0.482 e. The van der Waals surface area contributed by atoms with Crippen LogP contribution in [0.25, 0.3) is 0 Å². The Morgan fingerprint density at radius 3 is 2.32 bits per heavy atom. The molecule has 1 aliphatic heterocycles. The zero-order valence-electron chi connectivity index (χ0n) is 17.4. The van der Waals surface area contributed by atoms with Crippen LogP contribution in [-0.4, -0.2) is 44.3 Å². The van der Waals surface area contributed by atoms with Crippen LogP contribution in [0.3, 0.4) is 0 Å². The van der Waals surface area contributed by atoms with Crippen molar-refractivity contribution in [2.45, 2.75) is 12.8 Å². The number of rotatable bonds is 5. The van der Waals surface area contributed by atoms with Crippen LogP contribution in [0.2, 0.25) is 0 Å². The fraction of sp³-hybridized carbons (Fsp3) is 0.250. The van der Waals surface area contributed by atoms with Gasteiger partial charge in [-0.2, -0.15) is 0 Å². The third-order valence-electron chi connectivity index (χ3n) is 5.60. The summed E-state index contributed by atoms with van der Waals surface area (Å²) in [7, 11) is 2.57. The molecular weight excluding hydrogens is 398 g/mol. The van der Waals surface area contributed by atoms with Gasteiger partial charge in [-0.3, -0.25) is 9.79 Å². The molecule has 7 heteroatoms. The third kappa shape index (κ3) is 3.42. The molecule has 0 spiro atoms. The second-order valence-electron chi connectivity index (χ2n) is 7.26. The van der Waals surface area contributed by atoms with Crippen LogP contribution in [0.1, 0.15) is 34.3 Å². The number of para-hydroxylation sites is 1. The number of nitrogens with zero attached hydrogens (tertiary/aromatic N) is 1. The van der Waals surface area contributed by atoms with Crippen LogP contribution in [0.15, 0.2) is 64.8 Å². The lowest BCUT2D eigenvalue weighted by Gasteiger charge is -2.30. The summed E-state index contributed by atoms with van der Waals surface area (Å²) in [6.45, 7) is 1.43. The van der Waals surface area contributed by atoms with Gasteiger partial charge in [0, 0.05) is 28.3 Å². The number of carbonyl (C=O) groups is 3. The van der Waals surface area contributed by atoms with Gasteiger partial charge in [-0.05, 0) is 13.0 Å². The molecule has 31 heavy (non-hydrogen) atoms. The van der Waals surface area contributed by atoms with E-state index in [0.717, 1.165) is 5.56 Å². The van der Waals surface area contributed by atoms with Crippen molar-refractivity contribution in [2.75, 3.05) is 20.8 Å². The van der Waals surface area contributed by atoms with E-state index < -0.39 is 23.8 Å². The molecule has 0 N–H and O–H groups in total. The van der Waals surface area contributed by atoms with Crippen molar-refractivity contribution in [2.24, 2.45) is 10.9 Å². The molecule has 0 unspecified atom stereocenters. The number of fused-ring (bicyclic) bond motifs is 3. The molecule has 1 heterocycles. The lowest BCUT2D eigenvalue weighted by Crippen LogP contribution is -2.32. The minimum atomic E-state index is -0.696. The summed E-state index contributed by atoms with van der Waals surface area (Å²) in [5.74, 6) is -2.19. The highest BCUT2D eigenvalue weighted by Crippen LogP contribution is 2.48. The molecule has 1 aliphatic carbocycles. The van der Waals surface area contributed by atoms with Gasteiger partial charge < -0.3 is 14.2 Å². The Labute approximate surface area is 179 Å². The number of ketones is 1. The lowest BCUT2D eigenvalue weighted by atomic mass is 9.75. The van der Waals surface area contributed by atoms with Gasteiger partial charge in [-0.15, -0.1) is 0 Å². The fourth-order valence-corrected chi connectivity index (χ4v) is 4.24. The van der Waals surface area contributed by atoms with Crippen molar-refractivity contribution in [3.05, 3.63) is 76.5 Å². The topological polar surface area (TPSA) is 91.3 Å². The normalized spacial score (nSPS) is 19.3. The smallest absolute Gasteiger partial charge is 0.343 e. The summed E-state index contributed by atoms with van der Waals surface area (Å²) in [5.41, 5.74) is 3.34. The van der Waals surface area contributed by atoms with Crippen molar-refractivity contribution in [1.29, 1.82) is 0 Å². The van der Waals surface area contributed by atoms with Gasteiger partial charge in [-0.1, -0.05) is 42.5 Å². The Morgan fingerprint density at radius 1 is 0.935 bits per heavy atom. The third-order valence-corrected chi connectivity index (χ3v) is 5.60. The maximum Gasteiger partial charge on any atom is 0.343 e. The van der Waals surface area contributed by atoms with E-state index in [4.69, 9.17) is 9.47 Å². The van der Waals surface area contributed by atoms with Crippen molar-refractivity contribution in [3.63, 3.8) is 0 Å². The number of aliphatic imine (C=N–C) groups is 1. The zero-order chi connectivity index (χ0) is 22.1. The number of benzene rings is 2.